The zero-order chi connectivity index (χ0) is 10.2. The monoisotopic (exact) mass is 259 g/mol. The Morgan fingerprint density at radius 2 is 1.23 bits per heavy atom. The Labute approximate surface area is 86.5 Å². The zero-order valence-electron chi connectivity index (χ0n) is 7.75. The molecule has 0 N–H and O–H groups in total. The van der Waals surface area contributed by atoms with Crippen LogP contribution in [0, 0.1) is 0 Å². The summed E-state index contributed by atoms with van der Waals surface area (Å²) in [6, 6.07) is 0. The van der Waals surface area contributed by atoms with E-state index in [9.17, 15) is 12.9 Å². The molecule has 0 fully saturated rings. The van der Waals surface area contributed by atoms with Gasteiger partial charge in [0.05, 0.1) is 0 Å². The SMILES string of the molecule is F[B-](F)(F)CCCCCCCCBr. The molecule has 0 aliphatic carbocycles. The summed E-state index contributed by atoms with van der Waals surface area (Å²) in [5.74, 6) is 0. The van der Waals surface area contributed by atoms with E-state index in [-0.39, 0.29) is 0 Å². The molecule has 0 aromatic rings. The Bertz CT molecular complexity index is 116. The van der Waals surface area contributed by atoms with E-state index < -0.39 is 13.3 Å². The van der Waals surface area contributed by atoms with E-state index in [1.807, 2.05) is 0 Å². The summed E-state index contributed by atoms with van der Waals surface area (Å²) in [5, 5.41) is 0.999. The molecule has 0 atom stereocenters. The molecule has 0 aromatic heterocycles. The fourth-order valence-corrected chi connectivity index (χ4v) is 1.57. The van der Waals surface area contributed by atoms with E-state index in [0.717, 1.165) is 37.4 Å². The third-order valence-electron chi connectivity index (χ3n) is 1.92. The third kappa shape index (κ3) is 12.3. The maximum absolute atomic E-state index is 11.7. The number of rotatable bonds is 8. The van der Waals surface area contributed by atoms with Crippen LogP contribution >= 0.6 is 15.9 Å². The van der Waals surface area contributed by atoms with Crippen molar-refractivity contribution in [1.82, 2.24) is 0 Å². The van der Waals surface area contributed by atoms with Crippen LogP contribution < -0.4 is 0 Å². The number of hydrogen-bond acceptors (Lipinski definition) is 0. The number of hydrogen-bond donors (Lipinski definition) is 0. The molecule has 0 aromatic carbocycles. The average Bonchev–Trinajstić information content (AvgIpc) is 2.01. The van der Waals surface area contributed by atoms with Gasteiger partial charge in [0.2, 0.25) is 0 Å². The number of alkyl halides is 1. The lowest BCUT2D eigenvalue weighted by molar-refractivity contribution is 0.459. The minimum absolute atomic E-state index is 0.317. The normalized spacial score (nSPS) is 12.0. The summed E-state index contributed by atoms with van der Waals surface area (Å²) in [4.78, 5) is 0. The Morgan fingerprint density at radius 1 is 0.769 bits per heavy atom. The average molecular weight is 260 g/mol. The predicted octanol–water partition coefficient (Wildman–Crippen LogP) is 4.57. The number of halogens is 4. The summed E-state index contributed by atoms with van der Waals surface area (Å²) in [6.45, 7) is -4.54. The van der Waals surface area contributed by atoms with Gasteiger partial charge in [-0.1, -0.05) is 54.4 Å². The van der Waals surface area contributed by atoms with E-state index in [1.165, 1.54) is 0 Å². The smallest absolute Gasteiger partial charge is 0.449 e. The lowest BCUT2D eigenvalue weighted by atomic mass is 9.83. The van der Waals surface area contributed by atoms with Gasteiger partial charge in [-0.15, -0.1) is 0 Å². The van der Waals surface area contributed by atoms with E-state index >= 15 is 0 Å². The largest absolute Gasteiger partial charge is 0.478 e. The lowest BCUT2D eigenvalue weighted by Gasteiger charge is -2.12. The van der Waals surface area contributed by atoms with Crippen LogP contribution in [0.15, 0.2) is 0 Å². The van der Waals surface area contributed by atoms with Gasteiger partial charge in [0.15, 0.2) is 0 Å². The molecule has 0 spiro atoms. The molecule has 0 aliphatic rings. The van der Waals surface area contributed by atoms with Crippen molar-refractivity contribution >= 4 is 22.9 Å². The molecule has 13 heavy (non-hydrogen) atoms. The van der Waals surface area contributed by atoms with Gasteiger partial charge >= 0.3 is 6.98 Å². The fraction of sp³-hybridized carbons (Fsp3) is 1.00. The molecule has 80 valence electrons. The van der Waals surface area contributed by atoms with Crippen molar-refractivity contribution in [2.75, 3.05) is 5.33 Å². The molecule has 0 aliphatic heterocycles. The van der Waals surface area contributed by atoms with E-state index in [0.29, 0.717) is 6.42 Å². The molecule has 0 nitrogen and oxygen atoms in total. The van der Waals surface area contributed by atoms with Crippen molar-refractivity contribution in [2.45, 2.75) is 44.8 Å². The molecule has 0 saturated heterocycles. The highest BCUT2D eigenvalue weighted by atomic mass is 79.9. The molecule has 0 bridgehead atoms. The van der Waals surface area contributed by atoms with Crippen LogP contribution in [0.4, 0.5) is 12.9 Å². The molecule has 5 heteroatoms. The summed E-state index contributed by atoms with van der Waals surface area (Å²) in [6.07, 6.45) is 4.75. The second-order valence-electron chi connectivity index (χ2n) is 3.31. The van der Waals surface area contributed by atoms with Gasteiger partial charge in [0.1, 0.15) is 0 Å². The standard InChI is InChI=1S/C8H16BBrF3/c10-8-6-4-2-1-3-5-7-9(11,12)13/h1-8H2/q-1. The van der Waals surface area contributed by atoms with Crippen molar-refractivity contribution < 1.29 is 12.9 Å². The van der Waals surface area contributed by atoms with Crippen molar-refractivity contribution in [1.29, 1.82) is 0 Å². The van der Waals surface area contributed by atoms with Crippen LogP contribution in [0.2, 0.25) is 6.32 Å². The summed E-state index contributed by atoms with van der Waals surface area (Å²) >= 11 is 3.31. The Morgan fingerprint density at radius 3 is 1.69 bits per heavy atom. The van der Waals surface area contributed by atoms with Crippen LogP contribution in [-0.2, 0) is 0 Å². The molecular formula is C8H16BBrF3-. The minimum Gasteiger partial charge on any atom is -0.449 e. The van der Waals surface area contributed by atoms with Gasteiger partial charge in [0.25, 0.3) is 0 Å². The first-order valence-corrected chi connectivity index (χ1v) is 5.95. The molecular weight excluding hydrogens is 244 g/mol. The maximum Gasteiger partial charge on any atom is 0.478 e. The minimum atomic E-state index is -4.54. The predicted molar refractivity (Wildman–Crippen MR) is 55.4 cm³/mol. The third-order valence-corrected chi connectivity index (χ3v) is 2.48. The van der Waals surface area contributed by atoms with Crippen molar-refractivity contribution in [3.8, 4) is 0 Å². The van der Waals surface area contributed by atoms with Gasteiger partial charge in [-0.25, -0.2) is 0 Å². The molecule has 0 saturated carbocycles. The van der Waals surface area contributed by atoms with Gasteiger partial charge in [-0.05, 0) is 6.42 Å². The molecule has 0 unspecified atom stereocenters. The first-order chi connectivity index (χ1) is 6.06. The second-order valence-corrected chi connectivity index (χ2v) is 4.10. The van der Waals surface area contributed by atoms with E-state index in [2.05, 4.69) is 15.9 Å². The molecule has 0 radical (unpaired) electrons. The Kier molecular flexibility index (Phi) is 7.91. The molecule has 0 rings (SSSR count). The van der Waals surface area contributed by atoms with Gasteiger partial charge < -0.3 is 12.9 Å². The summed E-state index contributed by atoms with van der Waals surface area (Å²) < 4.78 is 35.2. The molecule has 0 amide bonds. The quantitative estimate of drug-likeness (QED) is 0.340. The van der Waals surface area contributed by atoms with Crippen molar-refractivity contribution in [3.63, 3.8) is 0 Å². The Balaban J connectivity index is 3.00. The zero-order valence-corrected chi connectivity index (χ0v) is 9.33. The first kappa shape index (κ1) is 13.3. The maximum atomic E-state index is 11.7. The van der Waals surface area contributed by atoms with Crippen LogP contribution in [0.3, 0.4) is 0 Å². The topological polar surface area (TPSA) is 0 Å². The van der Waals surface area contributed by atoms with Crippen molar-refractivity contribution in [3.05, 3.63) is 0 Å². The highest BCUT2D eigenvalue weighted by molar-refractivity contribution is 9.09. The highest BCUT2D eigenvalue weighted by Crippen LogP contribution is 2.19. The molecule has 0 heterocycles. The number of unbranched alkanes of at least 4 members (excludes halogenated alkanes) is 5. The van der Waals surface area contributed by atoms with Crippen LogP contribution in [0.1, 0.15) is 38.5 Å². The first-order valence-electron chi connectivity index (χ1n) is 4.83. The van der Waals surface area contributed by atoms with Crippen LogP contribution in [-0.4, -0.2) is 12.3 Å². The van der Waals surface area contributed by atoms with Gasteiger partial charge in [-0.3, -0.25) is 0 Å². The fourth-order valence-electron chi connectivity index (χ4n) is 1.18. The lowest BCUT2D eigenvalue weighted by Crippen LogP contribution is -2.13. The summed E-state index contributed by atoms with van der Waals surface area (Å²) in [5.41, 5.74) is 0. The second kappa shape index (κ2) is 7.71. The van der Waals surface area contributed by atoms with E-state index in [4.69, 9.17) is 0 Å². The highest BCUT2D eigenvalue weighted by Gasteiger charge is 2.21. The van der Waals surface area contributed by atoms with Crippen LogP contribution in [0.5, 0.6) is 0 Å². The summed E-state index contributed by atoms with van der Waals surface area (Å²) in [7, 11) is 0. The van der Waals surface area contributed by atoms with Crippen molar-refractivity contribution in [2.24, 2.45) is 0 Å². The Hall–Kier alpha value is 0.335. The van der Waals surface area contributed by atoms with E-state index in [1.54, 1.807) is 0 Å². The van der Waals surface area contributed by atoms with Gasteiger partial charge in [0, 0.05) is 5.33 Å². The van der Waals surface area contributed by atoms with Crippen LogP contribution in [0.25, 0.3) is 0 Å². The van der Waals surface area contributed by atoms with Gasteiger partial charge in [-0.2, -0.15) is 0 Å².